The normalized spacial score (nSPS) is 21.5. The number of ether oxygens (including phenoxy) is 2. The highest BCUT2D eigenvalue weighted by Crippen LogP contribution is 2.26. The van der Waals surface area contributed by atoms with Gasteiger partial charge >= 0.3 is 0 Å². The number of amides is 1. The zero-order chi connectivity index (χ0) is 39.5. The minimum atomic E-state index is -5.50. The van der Waals surface area contributed by atoms with E-state index >= 15 is 0 Å². The molecule has 7 atom stereocenters. The monoisotopic (exact) mass is 837 g/mol. The quantitative estimate of drug-likeness (QED) is 0.0204. The molecular formula is C36H75N3O14S2. The second kappa shape index (κ2) is 32.6. The van der Waals surface area contributed by atoms with Crippen LogP contribution in [0.3, 0.4) is 0 Å². The summed E-state index contributed by atoms with van der Waals surface area (Å²) in [6.07, 6.45) is 15.7. The van der Waals surface area contributed by atoms with Crippen molar-refractivity contribution >= 4 is 26.7 Å². The topological polar surface area (TPSA) is 314 Å². The molecule has 1 aliphatic rings. The van der Waals surface area contributed by atoms with Gasteiger partial charge in [-0.05, 0) is 19.3 Å². The number of carbonyl (C=O) groups is 1. The number of aliphatic hydroxyl groups excluding tert-OH is 3. The second-order valence-electron chi connectivity index (χ2n) is 14.0. The van der Waals surface area contributed by atoms with E-state index in [0.29, 0.717) is 12.8 Å². The Hall–Kier alpha value is -1.33. The molecule has 1 aliphatic heterocycles. The Bertz CT molecular complexity index is 1200. The highest BCUT2D eigenvalue weighted by molar-refractivity contribution is 7.81. The Morgan fingerprint density at radius 2 is 1.22 bits per heavy atom. The van der Waals surface area contributed by atoms with Gasteiger partial charge in [-0.15, -0.1) is 0 Å². The third-order valence-electron chi connectivity index (χ3n) is 9.26. The molecule has 12 N–H and O–H groups in total. The van der Waals surface area contributed by atoms with Gasteiger partial charge in [-0.25, -0.2) is 16.8 Å². The Labute approximate surface area is 330 Å². The largest absolute Gasteiger partial charge is 0.726 e. The molecule has 0 aromatic rings. The summed E-state index contributed by atoms with van der Waals surface area (Å²) in [5.74, 6) is -0.356. The summed E-state index contributed by atoms with van der Waals surface area (Å²) >= 11 is 0. The van der Waals surface area contributed by atoms with Crippen molar-refractivity contribution in [1.29, 1.82) is 0 Å². The van der Waals surface area contributed by atoms with Crippen molar-refractivity contribution in [1.82, 2.24) is 17.6 Å². The first-order valence-corrected chi connectivity index (χ1v) is 22.4. The van der Waals surface area contributed by atoms with Crippen LogP contribution in [0.15, 0.2) is 12.2 Å². The van der Waals surface area contributed by atoms with E-state index in [1.807, 2.05) is 0 Å². The molecule has 0 spiro atoms. The summed E-state index contributed by atoms with van der Waals surface area (Å²) in [5, 5.41) is 34.9. The fourth-order valence-electron chi connectivity index (χ4n) is 6.17. The number of quaternary nitrogens is 2. The minimum Gasteiger partial charge on any atom is -0.726 e. The van der Waals surface area contributed by atoms with Crippen LogP contribution in [0.2, 0.25) is 0 Å². The molecule has 19 heteroatoms. The highest BCUT2D eigenvalue weighted by Gasteiger charge is 2.47. The number of hydrogen-bond acceptors (Lipinski definition) is 14. The van der Waals surface area contributed by atoms with Crippen LogP contribution in [0.4, 0.5) is 0 Å². The van der Waals surface area contributed by atoms with Gasteiger partial charge in [0.1, 0.15) is 24.4 Å². The van der Waals surface area contributed by atoms with Crippen LogP contribution in [0.1, 0.15) is 155 Å². The van der Waals surface area contributed by atoms with E-state index < -0.39 is 76.9 Å². The summed E-state index contributed by atoms with van der Waals surface area (Å²) in [5.41, 5.74) is 0. The molecule has 0 aromatic heterocycles. The van der Waals surface area contributed by atoms with Crippen LogP contribution in [0.25, 0.3) is 0 Å². The first kappa shape index (κ1) is 55.8. The average Bonchev–Trinajstić information content (AvgIpc) is 3.09. The third-order valence-corrected chi connectivity index (χ3v) is 10.1. The van der Waals surface area contributed by atoms with Crippen molar-refractivity contribution in [3.8, 4) is 0 Å². The van der Waals surface area contributed by atoms with Crippen LogP contribution in [-0.2, 0) is 43.4 Å². The lowest BCUT2D eigenvalue weighted by atomic mass is 9.99. The Kier molecular flexibility index (Phi) is 33.1. The van der Waals surface area contributed by atoms with Crippen molar-refractivity contribution in [3.05, 3.63) is 12.2 Å². The maximum atomic E-state index is 12.9. The summed E-state index contributed by atoms with van der Waals surface area (Å²) < 4.78 is 86.3. The van der Waals surface area contributed by atoms with Crippen LogP contribution >= 0.6 is 0 Å². The maximum Gasteiger partial charge on any atom is 0.220 e. The number of allylic oxidation sites excluding steroid dienone is 1. The molecule has 0 aromatic carbocycles. The highest BCUT2D eigenvalue weighted by atomic mass is 32.3. The van der Waals surface area contributed by atoms with Gasteiger partial charge in [-0.1, -0.05) is 142 Å². The molecule has 0 saturated carbocycles. The summed E-state index contributed by atoms with van der Waals surface area (Å²) in [6, 6.07) is -1.07. The number of carbonyl (C=O) groups excluding carboxylic acids is 1. The number of aliphatic hydroxyl groups is 3. The van der Waals surface area contributed by atoms with Crippen molar-refractivity contribution in [2.45, 2.75) is 198 Å². The summed E-state index contributed by atoms with van der Waals surface area (Å²) in [7, 11) is -10.8. The van der Waals surface area contributed by atoms with Gasteiger partial charge in [0.05, 0.1) is 25.4 Å². The van der Waals surface area contributed by atoms with Crippen LogP contribution in [-0.4, -0.2) is 103 Å². The number of rotatable bonds is 33. The Morgan fingerprint density at radius 3 is 1.69 bits per heavy atom. The van der Waals surface area contributed by atoms with E-state index in [2.05, 4.69) is 27.5 Å². The van der Waals surface area contributed by atoms with E-state index in [9.17, 15) is 46.1 Å². The van der Waals surface area contributed by atoms with Crippen LogP contribution < -0.4 is 17.6 Å². The van der Waals surface area contributed by atoms with Gasteiger partial charge in [0, 0.05) is 6.42 Å². The first-order valence-electron chi connectivity index (χ1n) is 19.7. The Morgan fingerprint density at radius 1 is 0.745 bits per heavy atom. The molecule has 1 fully saturated rings. The zero-order valence-corrected chi connectivity index (χ0v) is 35.4. The van der Waals surface area contributed by atoms with Gasteiger partial charge in [0.25, 0.3) is 0 Å². The Balaban J connectivity index is 0. The van der Waals surface area contributed by atoms with E-state index in [1.165, 1.54) is 83.1 Å². The lowest BCUT2D eigenvalue weighted by molar-refractivity contribution is -0.297. The van der Waals surface area contributed by atoms with Crippen molar-refractivity contribution in [3.63, 3.8) is 0 Å². The molecule has 330 valence electrons. The molecule has 1 rings (SSSR count). The van der Waals surface area contributed by atoms with Gasteiger partial charge < -0.3 is 51.5 Å². The molecular weight excluding hydrogens is 763 g/mol. The predicted octanol–water partition coefficient (Wildman–Crippen LogP) is 5.55. The molecule has 1 saturated heterocycles. The standard InChI is InChI=1S/C36H69NO14S2.2H3N/c1-3-5-7-9-11-13-14-15-16-18-19-21-23-25-30(38)29(37-32(39)26-24-22-20-17-12-10-8-6-4-2)27-48-36-34(41)35(51-53(45,46)47)33(40)31(50-36)28-49-52(42,43)44;;/h23,25,29-31,33-36,38,40-41H,3-22,24,26-28H2,1-2H3,(H,37,39)(H,42,43,44)(H,45,46,47);2*1H3/b25-23+;;/t29-,30+,31+,33-,34+,35-,36+;;/m0../s1. The summed E-state index contributed by atoms with van der Waals surface area (Å²) in [6.45, 7) is 2.76. The van der Waals surface area contributed by atoms with Crippen molar-refractivity contribution in [2.24, 2.45) is 0 Å². The van der Waals surface area contributed by atoms with E-state index in [1.54, 1.807) is 6.08 Å². The summed E-state index contributed by atoms with van der Waals surface area (Å²) in [4.78, 5) is 12.9. The smallest absolute Gasteiger partial charge is 0.220 e. The average molecular weight is 838 g/mol. The van der Waals surface area contributed by atoms with Gasteiger partial charge in [-0.2, -0.15) is 0 Å². The van der Waals surface area contributed by atoms with Gasteiger partial charge in [-0.3, -0.25) is 13.2 Å². The van der Waals surface area contributed by atoms with E-state index in [4.69, 9.17) is 9.47 Å². The molecule has 0 unspecified atom stereocenters. The minimum absolute atomic E-state index is 0. The number of hydrogen-bond donors (Lipinski definition) is 6. The van der Waals surface area contributed by atoms with E-state index in [-0.39, 0.29) is 24.6 Å². The van der Waals surface area contributed by atoms with Crippen molar-refractivity contribution < 1.29 is 63.9 Å². The first-order chi connectivity index (χ1) is 25.2. The fraction of sp³-hybridized carbons (Fsp3) is 0.917. The zero-order valence-electron chi connectivity index (χ0n) is 33.8. The van der Waals surface area contributed by atoms with E-state index in [0.717, 1.165) is 44.9 Å². The predicted molar refractivity (Wildman–Crippen MR) is 209 cm³/mol. The third kappa shape index (κ3) is 28.7. The van der Waals surface area contributed by atoms with Crippen LogP contribution in [0.5, 0.6) is 0 Å². The number of unbranched alkanes of at least 4 members (excludes halogenated alkanes) is 19. The molecule has 55 heavy (non-hydrogen) atoms. The van der Waals surface area contributed by atoms with Gasteiger partial charge in [0.15, 0.2) is 6.29 Å². The van der Waals surface area contributed by atoms with Crippen LogP contribution in [0, 0.1) is 0 Å². The fourth-order valence-corrected chi connectivity index (χ4v) is 6.97. The molecule has 0 radical (unpaired) electrons. The lowest BCUT2D eigenvalue weighted by Crippen LogP contribution is -2.61. The maximum absolute atomic E-state index is 12.9. The SMILES string of the molecule is CCCCCCCCCCCCC/C=C/[C@@H](O)[C@H](CO[C@@H]1O[C@H](COS(=O)(=O)[O-])[C@H](O)[C@H](OS(=O)(=O)[O-])[C@H]1O)NC(=O)CCCCCCCCCCC.[NH4+].[NH4+]. The molecule has 17 nitrogen and oxygen atoms in total. The molecule has 0 bridgehead atoms. The molecule has 1 heterocycles. The molecule has 1 amide bonds. The van der Waals surface area contributed by atoms with Gasteiger partial charge in [0.2, 0.25) is 26.7 Å². The molecule has 0 aliphatic carbocycles. The van der Waals surface area contributed by atoms with Crippen molar-refractivity contribution in [2.75, 3.05) is 13.2 Å². The second-order valence-corrected chi connectivity index (χ2v) is 16.1. The lowest BCUT2D eigenvalue weighted by Gasteiger charge is -2.42. The number of nitrogens with one attached hydrogen (secondary N) is 1.